The molecule has 0 radical (unpaired) electrons. The van der Waals surface area contributed by atoms with Gasteiger partial charge in [0.05, 0.1) is 17.7 Å². The number of fused-ring (bicyclic) bond motifs is 1. The number of thiazole rings is 1. The maximum Gasteiger partial charge on any atom is 0.315 e. The molecular weight excluding hydrogens is 316 g/mol. The van der Waals surface area contributed by atoms with Crippen molar-refractivity contribution in [1.82, 2.24) is 15.2 Å². The molecule has 2 aromatic heterocycles. The predicted octanol–water partition coefficient (Wildman–Crippen LogP) is 2.96. The van der Waals surface area contributed by atoms with E-state index in [1.54, 1.807) is 11.3 Å². The number of rotatable bonds is 4. The van der Waals surface area contributed by atoms with E-state index in [4.69, 9.17) is 13.9 Å². The summed E-state index contributed by atoms with van der Waals surface area (Å²) in [7, 11) is 0. The fraction of sp³-hybridized carbons (Fsp3) is 0.267. The molecule has 0 saturated heterocycles. The fourth-order valence-electron chi connectivity index (χ4n) is 2.23. The monoisotopic (exact) mass is 330 g/mol. The first-order chi connectivity index (χ1) is 11.3. The van der Waals surface area contributed by atoms with Gasteiger partial charge in [-0.3, -0.25) is 0 Å². The third-order valence-electron chi connectivity index (χ3n) is 3.47. The van der Waals surface area contributed by atoms with Gasteiger partial charge in [0.25, 0.3) is 5.89 Å². The zero-order valence-corrected chi connectivity index (χ0v) is 13.2. The van der Waals surface area contributed by atoms with Gasteiger partial charge in [0.15, 0.2) is 11.5 Å². The third kappa shape index (κ3) is 2.85. The summed E-state index contributed by atoms with van der Waals surface area (Å²) < 4.78 is 17.1. The molecule has 1 aromatic carbocycles. The van der Waals surface area contributed by atoms with Crippen LogP contribution in [0.4, 0.5) is 6.01 Å². The van der Waals surface area contributed by atoms with Crippen molar-refractivity contribution in [3.63, 3.8) is 0 Å². The summed E-state index contributed by atoms with van der Waals surface area (Å²) in [5.41, 5.74) is 2.82. The van der Waals surface area contributed by atoms with Gasteiger partial charge in [-0.25, -0.2) is 4.98 Å². The summed E-state index contributed by atoms with van der Waals surface area (Å²) in [5, 5.41) is 11.1. The van der Waals surface area contributed by atoms with Crippen LogP contribution >= 0.6 is 11.3 Å². The van der Waals surface area contributed by atoms with Crippen molar-refractivity contribution >= 4 is 17.4 Å². The average molecular weight is 330 g/mol. The number of hydrogen-bond acceptors (Lipinski definition) is 8. The Bertz CT molecular complexity index is 816. The molecule has 0 bridgehead atoms. The highest BCUT2D eigenvalue weighted by Gasteiger charge is 2.27. The number of nitrogens with one attached hydrogen (secondary N) is 1. The van der Waals surface area contributed by atoms with Gasteiger partial charge in [0.1, 0.15) is 6.61 Å². The van der Waals surface area contributed by atoms with Crippen LogP contribution in [-0.4, -0.2) is 21.8 Å². The Morgan fingerprint density at radius 3 is 2.96 bits per heavy atom. The van der Waals surface area contributed by atoms with Gasteiger partial charge < -0.3 is 19.2 Å². The van der Waals surface area contributed by atoms with Crippen LogP contribution in [0.5, 0.6) is 11.5 Å². The lowest BCUT2D eigenvalue weighted by molar-refractivity contribution is 0.0717. The van der Waals surface area contributed by atoms with Crippen LogP contribution in [0.15, 0.2) is 34.2 Å². The molecule has 0 saturated carbocycles. The average Bonchev–Trinajstić information content (AvgIpc) is 3.21. The van der Waals surface area contributed by atoms with E-state index in [0.717, 1.165) is 16.3 Å². The summed E-state index contributed by atoms with van der Waals surface area (Å²) in [4.78, 5) is 5.34. The van der Waals surface area contributed by atoms with Crippen LogP contribution in [0.1, 0.15) is 22.6 Å². The SMILES string of the molecule is Cc1ncsc1CNc1nnc([C@H]2COc3ccccc3O2)o1. The largest absolute Gasteiger partial charge is 0.485 e. The van der Waals surface area contributed by atoms with Crippen molar-refractivity contribution in [3.8, 4) is 11.5 Å². The Labute approximate surface area is 136 Å². The van der Waals surface area contributed by atoms with E-state index in [2.05, 4.69) is 20.5 Å². The number of anilines is 1. The second-order valence-corrected chi connectivity index (χ2v) is 5.96. The molecule has 0 aliphatic carbocycles. The fourth-order valence-corrected chi connectivity index (χ4v) is 2.95. The minimum Gasteiger partial charge on any atom is -0.485 e. The van der Waals surface area contributed by atoms with Crippen molar-refractivity contribution in [1.29, 1.82) is 0 Å². The molecule has 7 nitrogen and oxygen atoms in total. The van der Waals surface area contributed by atoms with Crippen LogP contribution in [-0.2, 0) is 6.54 Å². The Kier molecular flexibility index (Phi) is 3.58. The van der Waals surface area contributed by atoms with Crippen molar-refractivity contribution < 1.29 is 13.9 Å². The van der Waals surface area contributed by atoms with Gasteiger partial charge >= 0.3 is 6.01 Å². The smallest absolute Gasteiger partial charge is 0.315 e. The van der Waals surface area contributed by atoms with Crippen LogP contribution in [0.3, 0.4) is 0 Å². The van der Waals surface area contributed by atoms with E-state index in [1.165, 1.54) is 0 Å². The van der Waals surface area contributed by atoms with Gasteiger partial charge in [0.2, 0.25) is 6.10 Å². The molecule has 1 atom stereocenters. The van der Waals surface area contributed by atoms with Crippen molar-refractivity contribution in [2.24, 2.45) is 0 Å². The lowest BCUT2D eigenvalue weighted by Crippen LogP contribution is -2.21. The molecule has 3 aromatic rings. The molecule has 118 valence electrons. The summed E-state index contributed by atoms with van der Waals surface area (Å²) in [6.07, 6.45) is -0.405. The van der Waals surface area contributed by atoms with Crippen LogP contribution in [0.25, 0.3) is 0 Å². The van der Waals surface area contributed by atoms with E-state index < -0.39 is 6.10 Å². The predicted molar refractivity (Wildman–Crippen MR) is 83.8 cm³/mol. The Morgan fingerprint density at radius 1 is 1.26 bits per heavy atom. The van der Waals surface area contributed by atoms with Crippen LogP contribution in [0, 0.1) is 6.92 Å². The summed E-state index contributed by atoms with van der Waals surface area (Å²) in [6.45, 7) is 2.91. The van der Waals surface area contributed by atoms with Gasteiger partial charge in [-0.1, -0.05) is 17.2 Å². The third-order valence-corrected chi connectivity index (χ3v) is 4.40. The first kappa shape index (κ1) is 14.0. The summed E-state index contributed by atoms with van der Waals surface area (Å²) in [6, 6.07) is 7.87. The summed E-state index contributed by atoms with van der Waals surface area (Å²) >= 11 is 1.59. The summed E-state index contributed by atoms with van der Waals surface area (Å²) in [5.74, 6) is 1.79. The first-order valence-electron chi connectivity index (χ1n) is 7.14. The van der Waals surface area contributed by atoms with E-state index in [1.807, 2.05) is 36.7 Å². The lowest BCUT2D eigenvalue weighted by Gasteiger charge is -2.23. The van der Waals surface area contributed by atoms with Gasteiger partial charge in [-0.15, -0.1) is 16.4 Å². The van der Waals surface area contributed by atoms with Gasteiger partial charge in [-0.05, 0) is 19.1 Å². The van der Waals surface area contributed by atoms with Crippen LogP contribution < -0.4 is 14.8 Å². The highest BCUT2D eigenvalue weighted by molar-refractivity contribution is 7.09. The molecule has 23 heavy (non-hydrogen) atoms. The normalized spacial score (nSPS) is 16.3. The number of ether oxygens (including phenoxy) is 2. The number of benzene rings is 1. The molecule has 4 rings (SSSR count). The Morgan fingerprint density at radius 2 is 2.13 bits per heavy atom. The lowest BCUT2D eigenvalue weighted by atomic mass is 10.2. The molecule has 3 heterocycles. The molecule has 1 aliphatic heterocycles. The highest BCUT2D eigenvalue weighted by Crippen LogP contribution is 2.35. The standard InChI is InChI=1S/C15H14N4O3S/c1-9-13(23-8-17-9)6-16-15-19-18-14(22-15)12-7-20-10-4-2-3-5-11(10)21-12/h2-5,8,12H,6-7H2,1H3,(H,16,19)/t12-/m1/s1. The van der Waals surface area contributed by atoms with Crippen LogP contribution in [0.2, 0.25) is 0 Å². The van der Waals surface area contributed by atoms with Crippen molar-refractivity contribution in [2.75, 3.05) is 11.9 Å². The molecule has 1 aliphatic rings. The molecule has 1 N–H and O–H groups in total. The Balaban J connectivity index is 1.43. The molecular formula is C15H14N4O3S. The molecule has 0 fully saturated rings. The number of hydrogen-bond donors (Lipinski definition) is 1. The zero-order valence-electron chi connectivity index (χ0n) is 12.4. The number of aromatic nitrogens is 3. The number of aryl methyl sites for hydroxylation is 1. The maximum atomic E-state index is 5.84. The van der Waals surface area contributed by atoms with Crippen molar-refractivity contribution in [2.45, 2.75) is 19.6 Å². The second-order valence-electron chi connectivity index (χ2n) is 5.02. The molecule has 8 heteroatoms. The van der Waals surface area contributed by atoms with E-state index >= 15 is 0 Å². The minimum absolute atomic E-state index is 0.340. The quantitative estimate of drug-likeness (QED) is 0.787. The first-order valence-corrected chi connectivity index (χ1v) is 8.02. The van der Waals surface area contributed by atoms with Crippen molar-refractivity contribution in [3.05, 3.63) is 46.2 Å². The zero-order chi connectivity index (χ0) is 15.6. The number of para-hydroxylation sites is 2. The molecule has 0 unspecified atom stereocenters. The highest BCUT2D eigenvalue weighted by atomic mass is 32.1. The molecule has 0 amide bonds. The second kappa shape index (κ2) is 5.88. The minimum atomic E-state index is -0.405. The van der Waals surface area contributed by atoms with E-state index in [0.29, 0.717) is 30.8 Å². The van der Waals surface area contributed by atoms with Gasteiger partial charge in [-0.2, -0.15) is 0 Å². The Hall–Kier alpha value is -2.61. The van der Waals surface area contributed by atoms with E-state index in [-0.39, 0.29) is 0 Å². The topological polar surface area (TPSA) is 82.3 Å². The maximum absolute atomic E-state index is 5.84. The molecule has 0 spiro atoms. The van der Waals surface area contributed by atoms with E-state index in [9.17, 15) is 0 Å². The number of nitrogens with zero attached hydrogens (tertiary/aromatic N) is 3. The van der Waals surface area contributed by atoms with Gasteiger partial charge in [0, 0.05) is 4.88 Å².